The topological polar surface area (TPSA) is 103 Å². The minimum Gasteiger partial charge on any atom is -0.465 e. The Labute approximate surface area is 168 Å². The van der Waals surface area contributed by atoms with E-state index in [-0.39, 0.29) is 24.5 Å². The van der Waals surface area contributed by atoms with E-state index in [2.05, 4.69) is 10.2 Å². The van der Waals surface area contributed by atoms with Crippen molar-refractivity contribution in [1.82, 2.24) is 9.78 Å². The molecule has 1 heterocycles. The van der Waals surface area contributed by atoms with Crippen molar-refractivity contribution in [2.75, 3.05) is 25.3 Å². The highest BCUT2D eigenvalue weighted by Crippen LogP contribution is 2.13. The molecule has 0 N–H and O–H groups in total. The Kier molecular flexibility index (Phi) is 7.64. The van der Waals surface area contributed by atoms with E-state index >= 15 is 0 Å². The van der Waals surface area contributed by atoms with Gasteiger partial charge in [-0.25, -0.2) is 4.79 Å². The monoisotopic (exact) mass is 400 g/mol. The van der Waals surface area contributed by atoms with Gasteiger partial charge in [0.2, 0.25) is 0 Å². The predicted octanol–water partition coefficient (Wildman–Crippen LogP) is 1.79. The maximum atomic E-state index is 12.5. The number of hydrogen-bond acceptors (Lipinski definition) is 8. The van der Waals surface area contributed by atoms with Crippen LogP contribution in [-0.4, -0.2) is 47.7 Å². The quantitative estimate of drug-likeness (QED) is 0.378. The molecule has 1 aromatic carbocycles. The molecule has 0 aliphatic heterocycles. The van der Waals surface area contributed by atoms with E-state index in [1.807, 2.05) is 6.07 Å². The first-order valence-electron chi connectivity index (χ1n) is 9.19. The Morgan fingerprint density at radius 2 is 1.83 bits per heavy atom. The van der Waals surface area contributed by atoms with Crippen molar-refractivity contribution in [3.05, 3.63) is 52.9 Å². The van der Waals surface area contributed by atoms with Crippen molar-refractivity contribution >= 4 is 23.3 Å². The lowest BCUT2D eigenvalue weighted by Gasteiger charge is -2.18. The van der Waals surface area contributed by atoms with E-state index < -0.39 is 17.9 Å². The van der Waals surface area contributed by atoms with Crippen LogP contribution in [0.4, 0.5) is 5.69 Å². The lowest BCUT2D eigenvalue weighted by atomic mass is 10.1. The number of carbonyl (C=O) groups is 2. The van der Waals surface area contributed by atoms with Crippen LogP contribution in [0.5, 0.6) is 0 Å². The highest BCUT2D eigenvalue weighted by molar-refractivity contribution is 6.40. The third kappa shape index (κ3) is 5.50. The molecule has 0 radical (unpaired) electrons. The van der Waals surface area contributed by atoms with Gasteiger partial charge in [0.25, 0.3) is 5.56 Å². The summed E-state index contributed by atoms with van der Waals surface area (Å²) in [6.07, 6.45) is 1.44. The van der Waals surface area contributed by atoms with E-state index in [9.17, 15) is 14.4 Å². The van der Waals surface area contributed by atoms with Crippen molar-refractivity contribution in [2.24, 2.45) is 11.0 Å². The third-order valence-corrected chi connectivity index (χ3v) is 3.95. The number of hydrazone groups is 1. The van der Waals surface area contributed by atoms with Crippen molar-refractivity contribution < 1.29 is 19.1 Å². The first kappa shape index (κ1) is 21.8. The van der Waals surface area contributed by atoms with Crippen molar-refractivity contribution in [3.63, 3.8) is 0 Å². The number of ether oxygens (including phenoxy) is 2. The maximum Gasteiger partial charge on any atom is 0.355 e. The molecule has 0 saturated heterocycles. The molecule has 0 saturated carbocycles. The van der Waals surface area contributed by atoms with Crippen LogP contribution in [0.25, 0.3) is 5.69 Å². The van der Waals surface area contributed by atoms with E-state index in [1.54, 1.807) is 45.2 Å². The van der Waals surface area contributed by atoms with Crippen molar-refractivity contribution in [3.8, 4) is 5.69 Å². The highest BCUT2D eigenvalue weighted by atomic mass is 16.5. The molecule has 0 bridgehead atoms. The molecule has 0 spiro atoms. The number of carbonyl (C=O) groups excluding carboxylic acids is 2. The number of para-hydroxylation sites is 1. The Morgan fingerprint density at radius 3 is 2.41 bits per heavy atom. The Bertz CT molecular complexity index is 939. The van der Waals surface area contributed by atoms with Gasteiger partial charge in [0.1, 0.15) is 5.92 Å². The molecule has 9 heteroatoms. The van der Waals surface area contributed by atoms with E-state index in [4.69, 9.17) is 9.47 Å². The van der Waals surface area contributed by atoms with Gasteiger partial charge in [0.15, 0.2) is 5.71 Å². The zero-order valence-electron chi connectivity index (χ0n) is 16.9. The first-order valence-corrected chi connectivity index (χ1v) is 9.19. The van der Waals surface area contributed by atoms with Crippen molar-refractivity contribution in [1.29, 1.82) is 0 Å². The van der Waals surface area contributed by atoms with E-state index in [0.29, 0.717) is 11.4 Å². The van der Waals surface area contributed by atoms with Gasteiger partial charge in [0.05, 0.1) is 30.8 Å². The molecule has 9 nitrogen and oxygen atoms in total. The van der Waals surface area contributed by atoms with Crippen LogP contribution >= 0.6 is 0 Å². The van der Waals surface area contributed by atoms with Gasteiger partial charge >= 0.3 is 11.9 Å². The predicted molar refractivity (Wildman–Crippen MR) is 108 cm³/mol. The fourth-order valence-corrected chi connectivity index (χ4v) is 2.45. The van der Waals surface area contributed by atoms with Gasteiger partial charge in [-0.3, -0.25) is 14.6 Å². The summed E-state index contributed by atoms with van der Waals surface area (Å²) in [6, 6.07) is 10.3. The minimum absolute atomic E-state index is 0.125. The molecule has 1 unspecified atom stereocenters. The van der Waals surface area contributed by atoms with Crippen molar-refractivity contribution in [2.45, 2.75) is 20.8 Å². The van der Waals surface area contributed by atoms with Crippen LogP contribution < -0.4 is 10.6 Å². The van der Waals surface area contributed by atoms with E-state index in [0.717, 1.165) is 0 Å². The lowest BCUT2D eigenvalue weighted by Crippen LogP contribution is -2.33. The molecule has 1 aromatic heterocycles. The molecular weight excluding hydrogens is 376 g/mol. The number of benzene rings is 1. The summed E-state index contributed by atoms with van der Waals surface area (Å²) in [5.74, 6) is -2.26. The highest BCUT2D eigenvalue weighted by Gasteiger charge is 2.28. The number of hydrogen-bond donors (Lipinski definition) is 0. The van der Waals surface area contributed by atoms with Gasteiger partial charge in [-0.2, -0.15) is 14.9 Å². The van der Waals surface area contributed by atoms with Crippen LogP contribution in [0.15, 0.2) is 52.5 Å². The molecule has 0 amide bonds. The third-order valence-electron chi connectivity index (χ3n) is 3.95. The molecule has 0 aliphatic rings. The summed E-state index contributed by atoms with van der Waals surface area (Å²) in [6.45, 7) is 5.14. The normalized spacial score (nSPS) is 12.2. The number of anilines is 1. The zero-order valence-corrected chi connectivity index (χ0v) is 16.9. The van der Waals surface area contributed by atoms with Crippen LogP contribution in [0.2, 0.25) is 0 Å². The molecule has 29 heavy (non-hydrogen) atoms. The Hall–Kier alpha value is -3.49. The van der Waals surface area contributed by atoms with Crippen LogP contribution in [0.3, 0.4) is 0 Å². The van der Waals surface area contributed by atoms with Gasteiger partial charge in [-0.15, -0.1) is 0 Å². The molecular formula is C20H24N4O5. The zero-order chi connectivity index (χ0) is 21.4. The average Bonchev–Trinajstić information content (AvgIpc) is 2.72. The number of rotatable bonds is 8. The number of nitrogens with zero attached hydrogens (tertiary/aromatic N) is 4. The second-order valence-corrected chi connectivity index (χ2v) is 6.00. The first-order chi connectivity index (χ1) is 13.9. The van der Waals surface area contributed by atoms with E-state index in [1.165, 1.54) is 28.9 Å². The van der Waals surface area contributed by atoms with Gasteiger partial charge < -0.3 is 9.47 Å². The summed E-state index contributed by atoms with van der Waals surface area (Å²) in [5, 5.41) is 9.65. The fraction of sp³-hybridized carbons (Fsp3) is 0.350. The molecule has 2 rings (SSSR count). The molecule has 154 valence electrons. The lowest BCUT2D eigenvalue weighted by molar-refractivity contribution is -0.146. The largest absolute Gasteiger partial charge is 0.465 e. The van der Waals surface area contributed by atoms with Gasteiger partial charge in [-0.1, -0.05) is 18.2 Å². The smallest absolute Gasteiger partial charge is 0.355 e. The summed E-state index contributed by atoms with van der Waals surface area (Å²) in [7, 11) is 1.54. The van der Waals surface area contributed by atoms with Gasteiger partial charge in [-0.05, 0) is 32.9 Å². The fourth-order valence-electron chi connectivity index (χ4n) is 2.45. The Balaban J connectivity index is 2.36. The number of esters is 2. The summed E-state index contributed by atoms with van der Waals surface area (Å²) >= 11 is 0. The van der Waals surface area contributed by atoms with Crippen LogP contribution in [0, 0.1) is 5.92 Å². The Morgan fingerprint density at radius 1 is 1.17 bits per heavy atom. The molecule has 1 atom stereocenters. The molecule has 2 aromatic rings. The number of aromatic nitrogens is 2. The van der Waals surface area contributed by atoms with Crippen LogP contribution in [0.1, 0.15) is 20.8 Å². The second kappa shape index (κ2) is 10.2. The summed E-state index contributed by atoms with van der Waals surface area (Å²) in [4.78, 5) is 36.8. The van der Waals surface area contributed by atoms with Crippen LogP contribution in [-0.2, 0) is 19.1 Å². The average molecular weight is 400 g/mol. The second-order valence-electron chi connectivity index (χ2n) is 6.00. The molecule has 0 aliphatic carbocycles. The molecule has 0 fully saturated rings. The SMILES string of the molecule is CCOC(=O)/C(=N/N(C)c1cnn(-c2ccccc2)c(=O)c1)C(C)C(=O)OCC. The van der Waals surface area contributed by atoms with Gasteiger partial charge in [0, 0.05) is 13.1 Å². The minimum atomic E-state index is -0.936. The maximum absolute atomic E-state index is 12.5. The summed E-state index contributed by atoms with van der Waals surface area (Å²) < 4.78 is 11.2. The summed E-state index contributed by atoms with van der Waals surface area (Å²) in [5.41, 5.74) is 0.477. The standard InChI is InChI=1S/C20H24N4O5/c1-5-28-19(26)14(3)18(20(27)29-6-2)22-23(4)16-12-17(25)24(21-13-16)15-10-8-7-9-11-15/h7-14H,5-6H2,1-4H3/b22-18+.